The van der Waals surface area contributed by atoms with Gasteiger partial charge in [-0.25, -0.2) is 0 Å². The van der Waals surface area contributed by atoms with Crippen LogP contribution < -0.4 is 15.4 Å². The molecule has 0 spiro atoms. The molecular formula is C15H14N2O3S. The second-order valence-electron chi connectivity index (χ2n) is 4.70. The highest BCUT2D eigenvalue weighted by Crippen LogP contribution is 2.28. The summed E-state index contributed by atoms with van der Waals surface area (Å²) in [5, 5.41) is 7.57. The van der Waals surface area contributed by atoms with Crippen LogP contribution in [0.15, 0.2) is 35.7 Å². The van der Waals surface area contributed by atoms with Crippen molar-refractivity contribution in [2.24, 2.45) is 0 Å². The molecule has 2 heterocycles. The van der Waals surface area contributed by atoms with Crippen LogP contribution in [0, 0.1) is 0 Å². The molecule has 2 aromatic rings. The van der Waals surface area contributed by atoms with Gasteiger partial charge in [0.15, 0.2) is 6.61 Å². The zero-order valence-electron chi connectivity index (χ0n) is 11.2. The number of fused-ring (bicyclic) bond motifs is 1. The van der Waals surface area contributed by atoms with Crippen LogP contribution in [0.25, 0.3) is 0 Å². The standard InChI is InChI=1S/C15H14N2O3S/c18-14(7-11-2-1-5-21-11)16-8-10-3-4-12-13(6-10)20-9-15(19)17-12/h1-6H,7-9H2,(H,16,18)(H,17,19). The monoisotopic (exact) mass is 302 g/mol. The van der Waals surface area contributed by atoms with Crippen molar-refractivity contribution < 1.29 is 14.3 Å². The summed E-state index contributed by atoms with van der Waals surface area (Å²) in [6, 6.07) is 9.36. The van der Waals surface area contributed by atoms with Crippen LogP contribution in [0.4, 0.5) is 5.69 Å². The van der Waals surface area contributed by atoms with Gasteiger partial charge in [-0.15, -0.1) is 11.3 Å². The van der Waals surface area contributed by atoms with Crippen molar-refractivity contribution in [1.82, 2.24) is 5.32 Å². The molecule has 2 amide bonds. The molecule has 21 heavy (non-hydrogen) atoms. The van der Waals surface area contributed by atoms with E-state index in [0.717, 1.165) is 10.4 Å². The molecule has 2 N–H and O–H groups in total. The zero-order valence-corrected chi connectivity index (χ0v) is 12.0. The maximum Gasteiger partial charge on any atom is 0.262 e. The molecular weight excluding hydrogens is 288 g/mol. The molecule has 0 radical (unpaired) electrons. The van der Waals surface area contributed by atoms with E-state index in [-0.39, 0.29) is 18.4 Å². The predicted molar refractivity (Wildman–Crippen MR) is 80.4 cm³/mol. The molecule has 108 valence electrons. The van der Waals surface area contributed by atoms with E-state index in [1.807, 2.05) is 29.6 Å². The van der Waals surface area contributed by atoms with Gasteiger partial charge in [0.1, 0.15) is 5.75 Å². The quantitative estimate of drug-likeness (QED) is 0.907. The van der Waals surface area contributed by atoms with Crippen LogP contribution in [-0.4, -0.2) is 18.4 Å². The number of hydrogen-bond acceptors (Lipinski definition) is 4. The number of hydrogen-bond donors (Lipinski definition) is 2. The SMILES string of the molecule is O=C(Cc1cccs1)NCc1ccc2c(c1)OCC(=O)N2. The van der Waals surface area contributed by atoms with Crippen LogP contribution in [0.5, 0.6) is 5.75 Å². The average molecular weight is 302 g/mol. The molecule has 0 saturated heterocycles. The molecule has 1 aliphatic heterocycles. The summed E-state index contributed by atoms with van der Waals surface area (Å²) in [5.74, 6) is 0.475. The minimum atomic E-state index is -0.153. The van der Waals surface area contributed by atoms with E-state index in [0.29, 0.717) is 24.4 Å². The maximum atomic E-state index is 11.8. The number of thiophene rings is 1. The molecule has 6 heteroatoms. The summed E-state index contributed by atoms with van der Waals surface area (Å²) in [6.45, 7) is 0.468. The zero-order chi connectivity index (χ0) is 14.7. The van der Waals surface area contributed by atoms with Crippen LogP contribution in [0.2, 0.25) is 0 Å². The molecule has 5 nitrogen and oxygen atoms in total. The normalized spacial score (nSPS) is 13.0. The lowest BCUT2D eigenvalue weighted by atomic mass is 10.1. The lowest BCUT2D eigenvalue weighted by molar-refractivity contribution is -0.120. The lowest BCUT2D eigenvalue weighted by Crippen LogP contribution is -2.26. The number of amides is 2. The van der Waals surface area contributed by atoms with Crippen LogP contribution >= 0.6 is 11.3 Å². The smallest absolute Gasteiger partial charge is 0.262 e. The minimum Gasteiger partial charge on any atom is -0.482 e. The van der Waals surface area contributed by atoms with Gasteiger partial charge in [0, 0.05) is 11.4 Å². The fourth-order valence-electron chi connectivity index (χ4n) is 2.06. The summed E-state index contributed by atoms with van der Waals surface area (Å²) >= 11 is 1.57. The Bertz CT molecular complexity index is 668. The Morgan fingerprint density at radius 3 is 3.10 bits per heavy atom. The van der Waals surface area contributed by atoms with E-state index < -0.39 is 0 Å². The van der Waals surface area contributed by atoms with Crippen molar-refractivity contribution in [3.05, 3.63) is 46.2 Å². The molecule has 1 aromatic carbocycles. The van der Waals surface area contributed by atoms with E-state index in [2.05, 4.69) is 10.6 Å². The summed E-state index contributed by atoms with van der Waals surface area (Å²) < 4.78 is 5.35. The van der Waals surface area contributed by atoms with Gasteiger partial charge in [0.05, 0.1) is 12.1 Å². The lowest BCUT2D eigenvalue weighted by Gasteiger charge is -2.18. The highest BCUT2D eigenvalue weighted by Gasteiger charge is 2.15. The maximum absolute atomic E-state index is 11.8. The van der Waals surface area contributed by atoms with E-state index in [9.17, 15) is 9.59 Å². The van der Waals surface area contributed by atoms with Crippen molar-refractivity contribution in [2.75, 3.05) is 11.9 Å². The van der Waals surface area contributed by atoms with E-state index in [1.165, 1.54) is 0 Å². The third-order valence-corrected chi connectivity index (χ3v) is 3.96. The van der Waals surface area contributed by atoms with Gasteiger partial charge in [0.2, 0.25) is 5.91 Å². The van der Waals surface area contributed by atoms with E-state index >= 15 is 0 Å². The van der Waals surface area contributed by atoms with Crippen LogP contribution in [-0.2, 0) is 22.6 Å². The number of anilines is 1. The summed E-state index contributed by atoms with van der Waals surface area (Å²) in [5.41, 5.74) is 1.60. The minimum absolute atomic E-state index is 0.00982. The largest absolute Gasteiger partial charge is 0.482 e. The second kappa shape index (κ2) is 5.97. The van der Waals surface area contributed by atoms with Crippen LogP contribution in [0.1, 0.15) is 10.4 Å². The van der Waals surface area contributed by atoms with Crippen molar-refractivity contribution >= 4 is 28.8 Å². The second-order valence-corrected chi connectivity index (χ2v) is 5.73. The summed E-state index contributed by atoms with van der Waals surface area (Å²) in [4.78, 5) is 24.1. The first kappa shape index (κ1) is 13.6. The van der Waals surface area contributed by atoms with Crippen molar-refractivity contribution in [3.8, 4) is 5.75 Å². The van der Waals surface area contributed by atoms with Gasteiger partial charge in [-0.05, 0) is 29.1 Å². The molecule has 0 bridgehead atoms. The summed E-state index contributed by atoms with van der Waals surface area (Å²) in [6.07, 6.45) is 0.398. The Labute approximate surface area is 125 Å². The van der Waals surface area contributed by atoms with Crippen molar-refractivity contribution in [3.63, 3.8) is 0 Å². The first-order chi connectivity index (χ1) is 10.2. The molecule has 0 fully saturated rings. The Kier molecular flexibility index (Phi) is 3.87. The van der Waals surface area contributed by atoms with Crippen molar-refractivity contribution in [1.29, 1.82) is 0 Å². The number of rotatable bonds is 4. The molecule has 0 unspecified atom stereocenters. The Hall–Kier alpha value is -2.34. The van der Waals surface area contributed by atoms with Gasteiger partial charge >= 0.3 is 0 Å². The Balaban J connectivity index is 1.58. The van der Waals surface area contributed by atoms with Gasteiger partial charge in [0.25, 0.3) is 5.91 Å². The Morgan fingerprint density at radius 1 is 1.38 bits per heavy atom. The number of ether oxygens (including phenoxy) is 1. The molecule has 0 saturated carbocycles. The van der Waals surface area contributed by atoms with E-state index in [1.54, 1.807) is 17.4 Å². The van der Waals surface area contributed by atoms with Gasteiger partial charge in [-0.2, -0.15) is 0 Å². The topological polar surface area (TPSA) is 67.4 Å². The van der Waals surface area contributed by atoms with Crippen molar-refractivity contribution in [2.45, 2.75) is 13.0 Å². The molecule has 1 aromatic heterocycles. The average Bonchev–Trinajstić information content (AvgIpc) is 2.98. The highest BCUT2D eigenvalue weighted by atomic mass is 32.1. The van der Waals surface area contributed by atoms with Crippen LogP contribution in [0.3, 0.4) is 0 Å². The molecule has 0 aliphatic carbocycles. The fourth-order valence-corrected chi connectivity index (χ4v) is 2.77. The van der Waals surface area contributed by atoms with E-state index in [4.69, 9.17) is 4.74 Å². The number of carbonyl (C=O) groups excluding carboxylic acids is 2. The first-order valence-electron chi connectivity index (χ1n) is 6.55. The number of nitrogens with one attached hydrogen (secondary N) is 2. The highest BCUT2D eigenvalue weighted by molar-refractivity contribution is 7.10. The summed E-state index contributed by atoms with van der Waals surface area (Å²) in [7, 11) is 0. The third kappa shape index (κ3) is 3.41. The number of carbonyl (C=O) groups is 2. The molecule has 1 aliphatic rings. The molecule has 0 atom stereocenters. The van der Waals surface area contributed by atoms with Gasteiger partial charge in [-0.3, -0.25) is 9.59 Å². The predicted octanol–water partition coefficient (Wildman–Crippen LogP) is 1.94. The number of benzene rings is 1. The fraction of sp³-hybridized carbons (Fsp3) is 0.200. The van der Waals surface area contributed by atoms with Gasteiger partial charge in [-0.1, -0.05) is 12.1 Å². The Morgan fingerprint density at radius 2 is 2.29 bits per heavy atom. The van der Waals surface area contributed by atoms with Gasteiger partial charge < -0.3 is 15.4 Å². The first-order valence-corrected chi connectivity index (χ1v) is 7.43. The third-order valence-electron chi connectivity index (χ3n) is 3.08. The molecule has 3 rings (SSSR count).